The lowest BCUT2D eigenvalue weighted by Gasteiger charge is -2.14. The van der Waals surface area contributed by atoms with Crippen molar-refractivity contribution in [1.82, 2.24) is 9.78 Å². The summed E-state index contributed by atoms with van der Waals surface area (Å²) in [6.07, 6.45) is -0.427. The van der Waals surface area contributed by atoms with Gasteiger partial charge in [-0.3, -0.25) is 9.59 Å². The number of benzene rings is 2. The topological polar surface area (TPSA) is 78.3 Å². The van der Waals surface area contributed by atoms with Gasteiger partial charge in [-0.25, -0.2) is 13.9 Å². The van der Waals surface area contributed by atoms with E-state index in [1.54, 1.807) is 24.3 Å². The first-order valence-electron chi connectivity index (χ1n) is 8.93. The van der Waals surface area contributed by atoms with Crippen molar-refractivity contribution < 1.29 is 18.7 Å². The van der Waals surface area contributed by atoms with E-state index in [2.05, 4.69) is 5.10 Å². The van der Waals surface area contributed by atoms with Gasteiger partial charge in [0, 0.05) is 17.5 Å². The SMILES string of the molecule is CCCn1nc(C(=O)O[C@H](C)C(=O)c2ccc(F)cc2)c2ccccc2c1=O. The van der Waals surface area contributed by atoms with Crippen LogP contribution in [0.2, 0.25) is 0 Å². The fourth-order valence-electron chi connectivity index (χ4n) is 2.87. The third-order valence-electron chi connectivity index (χ3n) is 4.28. The first kappa shape index (κ1) is 19.4. The summed E-state index contributed by atoms with van der Waals surface area (Å²) in [6.45, 7) is 3.69. The van der Waals surface area contributed by atoms with E-state index in [0.717, 1.165) is 12.1 Å². The molecule has 1 atom stereocenters. The number of Topliss-reactive ketones (excluding diaryl/α,β-unsaturated/α-hetero) is 1. The number of carbonyl (C=O) groups excluding carboxylic acids is 2. The summed E-state index contributed by atoms with van der Waals surface area (Å²) in [5, 5.41) is 4.88. The Morgan fingerprint density at radius 1 is 1.11 bits per heavy atom. The standard InChI is InChI=1S/C21H19FN2O4/c1-3-12-24-20(26)17-7-5-4-6-16(17)18(23-24)21(27)28-13(2)19(25)14-8-10-15(22)11-9-14/h4-11,13H,3,12H2,1-2H3/t13-/m1/s1. The molecule has 0 spiro atoms. The highest BCUT2D eigenvalue weighted by Gasteiger charge is 2.24. The Balaban J connectivity index is 1.92. The molecule has 0 amide bonds. The van der Waals surface area contributed by atoms with Gasteiger partial charge in [0.25, 0.3) is 5.56 Å². The van der Waals surface area contributed by atoms with Crippen LogP contribution in [0.1, 0.15) is 41.1 Å². The number of aryl methyl sites for hydroxylation is 1. The lowest BCUT2D eigenvalue weighted by molar-refractivity contribution is 0.0312. The molecule has 28 heavy (non-hydrogen) atoms. The van der Waals surface area contributed by atoms with Crippen molar-refractivity contribution in [2.24, 2.45) is 0 Å². The van der Waals surface area contributed by atoms with Gasteiger partial charge in [-0.05, 0) is 43.7 Å². The first-order valence-corrected chi connectivity index (χ1v) is 8.93. The largest absolute Gasteiger partial charge is 0.449 e. The van der Waals surface area contributed by atoms with Crippen LogP contribution in [-0.4, -0.2) is 27.6 Å². The molecule has 0 bridgehead atoms. The molecule has 0 N–H and O–H groups in total. The Bertz CT molecular complexity index is 1090. The predicted molar refractivity (Wildman–Crippen MR) is 102 cm³/mol. The summed E-state index contributed by atoms with van der Waals surface area (Å²) < 4.78 is 19.6. The van der Waals surface area contributed by atoms with E-state index in [0.29, 0.717) is 23.7 Å². The van der Waals surface area contributed by atoms with Crippen molar-refractivity contribution in [2.75, 3.05) is 0 Å². The second-order valence-electron chi connectivity index (χ2n) is 6.34. The van der Waals surface area contributed by atoms with Gasteiger partial charge in [0.15, 0.2) is 11.8 Å². The maximum absolute atomic E-state index is 13.0. The number of fused-ring (bicyclic) bond motifs is 1. The normalized spacial score (nSPS) is 12.0. The molecular weight excluding hydrogens is 363 g/mol. The number of aromatic nitrogens is 2. The molecule has 3 aromatic rings. The molecule has 0 saturated carbocycles. The summed E-state index contributed by atoms with van der Waals surface area (Å²) in [7, 11) is 0. The van der Waals surface area contributed by atoms with Crippen LogP contribution in [0.25, 0.3) is 10.8 Å². The molecule has 0 aliphatic heterocycles. The number of esters is 1. The number of ether oxygens (including phenoxy) is 1. The Labute approximate surface area is 160 Å². The second kappa shape index (κ2) is 8.12. The minimum Gasteiger partial charge on any atom is -0.449 e. The Morgan fingerprint density at radius 2 is 1.75 bits per heavy atom. The molecule has 0 radical (unpaired) electrons. The van der Waals surface area contributed by atoms with Crippen LogP contribution in [-0.2, 0) is 11.3 Å². The molecule has 1 aromatic heterocycles. The van der Waals surface area contributed by atoms with Crippen LogP contribution in [0.4, 0.5) is 4.39 Å². The van der Waals surface area contributed by atoms with Crippen molar-refractivity contribution >= 4 is 22.5 Å². The second-order valence-corrected chi connectivity index (χ2v) is 6.34. The van der Waals surface area contributed by atoms with Gasteiger partial charge in [0.2, 0.25) is 5.78 Å². The van der Waals surface area contributed by atoms with Crippen molar-refractivity contribution in [1.29, 1.82) is 0 Å². The number of ketones is 1. The highest BCUT2D eigenvalue weighted by Crippen LogP contribution is 2.16. The molecule has 2 aromatic carbocycles. The number of hydrogen-bond donors (Lipinski definition) is 0. The predicted octanol–water partition coefficient (Wildman–Crippen LogP) is 3.37. The Hall–Kier alpha value is -3.35. The van der Waals surface area contributed by atoms with E-state index in [1.807, 2.05) is 6.92 Å². The monoisotopic (exact) mass is 382 g/mol. The third kappa shape index (κ3) is 3.83. The van der Waals surface area contributed by atoms with Crippen LogP contribution >= 0.6 is 0 Å². The molecule has 0 unspecified atom stereocenters. The molecule has 6 nitrogen and oxygen atoms in total. The summed E-state index contributed by atoms with van der Waals surface area (Å²) in [6, 6.07) is 11.6. The van der Waals surface area contributed by atoms with E-state index < -0.39 is 23.7 Å². The van der Waals surface area contributed by atoms with E-state index in [9.17, 15) is 18.8 Å². The van der Waals surface area contributed by atoms with E-state index >= 15 is 0 Å². The lowest BCUT2D eigenvalue weighted by Crippen LogP contribution is -2.29. The van der Waals surface area contributed by atoms with Gasteiger partial charge in [-0.15, -0.1) is 0 Å². The van der Waals surface area contributed by atoms with E-state index in [4.69, 9.17) is 4.74 Å². The highest BCUT2D eigenvalue weighted by molar-refractivity contribution is 6.05. The average molecular weight is 382 g/mol. The zero-order valence-electron chi connectivity index (χ0n) is 15.5. The molecule has 144 valence electrons. The molecular formula is C21H19FN2O4. The third-order valence-corrected chi connectivity index (χ3v) is 4.28. The van der Waals surface area contributed by atoms with Crippen LogP contribution in [0.5, 0.6) is 0 Å². The summed E-state index contributed by atoms with van der Waals surface area (Å²) in [4.78, 5) is 37.6. The number of hydrogen-bond acceptors (Lipinski definition) is 5. The van der Waals surface area contributed by atoms with Crippen LogP contribution in [0.15, 0.2) is 53.3 Å². The van der Waals surface area contributed by atoms with Crippen LogP contribution in [0, 0.1) is 5.82 Å². The average Bonchev–Trinajstić information content (AvgIpc) is 2.70. The van der Waals surface area contributed by atoms with Crippen LogP contribution in [0.3, 0.4) is 0 Å². The Kier molecular flexibility index (Phi) is 5.63. The summed E-state index contributed by atoms with van der Waals surface area (Å²) in [5.74, 6) is -1.72. The molecule has 0 aliphatic carbocycles. The minimum absolute atomic E-state index is 0.0255. The van der Waals surface area contributed by atoms with Gasteiger partial charge in [0.1, 0.15) is 5.82 Å². The number of rotatable bonds is 6. The minimum atomic E-state index is -1.09. The molecule has 1 heterocycles. The molecule has 0 saturated heterocycles. The summed E-state index contributed by atoms with van der Waals surface area (Å²) >= 11 is 0. The van der Waals surface area contributed by atoms with Gasteiger partial charge < -0.3 is 4.74 Å². The zero-order valence-corrected chi connectivity index (χ0v) is 15.5. The fourth-order valence-corrected chi connectivity index (χ4v) is 2.87. The number of carbonyl (C=O) groups is 2. The quantitative estimate of drug-likeness (QED) is 0.482. The van der Waals surface area contributed by atoms with E-state index in [1.165, 1.54) is 23.7 Å². The van der Waals surface area contributed by atoms with Crippen molar-refractivity contribution in [3.8, 4) is 0 Å². The van der Waals surface area contributed by atoms with Gasteiger partial charge >= 0.3 is 5.97 Å². The number of halogens is 1. The van der Waals surface area contributed by atoms with Crippen molar-refractivity contribution in [3.63, 3.8) is 0 Å². The van der Waals surface area contributed by atoms with E-state index in [-0.39, 0.29) is 16.8 Å². The molecule has 0 aliphatic rings. The van der Waals surface area contributed by atoms with Crippen LogP contribution < -0.4 is 5.56 Å². The zero-order chi connectivity index (χ0) is 20.3. The summed E-state index contributed by atoms with van der Waals surface area (Å²) in [5.41, 5.74) is -0.0812. The first-order chi connectivity index (χ1) is 13.4. The molecule has 7 heteroatoms. The molecule has 0 fully saturated rings. The Morgan fingerprint density at radius 3 is 2.39 bits per heavy atom. The smallest absolute Gasteiger partial charge is 0.360 e. The van der Waals surface area contributed by atoms with Gasteiger partial charge in [0.05, 0.1) is 5.39 Å². The lowest BCUT2D eigenvalue weighted by atomic mass is 10.1. The molecule has 3 rings (SSSR count). The number of nitrogens with zero attached hydrogens (tertiary/aromatic N) is 2. The fraction of sp³-hybridized carbons (Fsp3) is 0.238. The van der Waals surface area contributed by atoms with Crippen molar-refractivity contribution in [2.45, 2.75) is 32.9 Å². The van der Waals surface area contributed by atoms with Gasteiger partial charge in [-0.1, -0.05) is 25.1 Å². The highest BCUT2D eigenvalue weighted by atomic mass is 19.1. The maximum Gasteiger partial charge on any atom is 0.360 e. The van der Waals surface area contributed by atoms with Gasteiger partial charge in [-0.2, -0.15) is 5.10 Å². The van der Waals surface area contributed by atoms with Crippen molar-refractivity contribution in [3.05, 3.63) is 76.0 Å². The maximum atomic E-state index is 13.0.